The van der Waals surface area contributed by atoms with Crippen molar-refractivity contribution in [3.05, 3.63) is 53.9 Å². The molecule has 0 spiro atoms. The van der Waals surface area contributed by atoms with Gasteiger partial charge in [0.2, 0.25) is 0 Å². The van der Waals surface area contributed by atoms with Crippen LogP contribution in [-0.2, 0) is 13.6 Å². The number of hydrogen-bond donors (Lipinski definition) is 2. The van der Waals surface area contributed by atoms with E-state index < -0.39 is 6.10 Å². The summed E-state index contributed by atoms with van der Waals surface area (Å²) >= 11 is 0. The van der Waals surface area contributed by atoms with Crippen molar-refractivity contribution in [3.63, 3.8) is 0 Å². The van der Waals surface area contributed by atoms with Crippen LogP contribution >= 0.6 is 0 Å². The van der Waals surface area contributed by atoms with Crippen LogP contribution in [0.2, 0.25) is 0 Å². The minimum Gasteiger partial charge on any atom is -0.387 e. The smallest absolute Gasteiger partial charge is 0.0914 e. The molecule has 0 saturated heterocycles. The Morgan fingerprint density at radius 2 is 2.06 bits per heavy atom. The van der Waals surface area contributed by atoms with Crippen LogP contribution < -0.4 is 5.32 Å². The van der Waals surface area contributed by atoms with Crippen LogP contribution in [0.1, 0.15) is 17.4 Å². The van der Waals surface area contributed by atoms with Gasteiger partial charge in [0.1, 0.15) is 0 Å². The Labute approximate surface area is 101 Å². The molecule has 0 aliphatic heterocycles. The molecule has 1 aromatic carbocycles. The lowest BCUT2D eigenvalue weighted by Crippen LogP contribution is -2.22. The number of benzene rings is 1. The third-order valence-corrected chi connectivity index (χ3v) is 2.75. The number of aliphatic hydroxyl groups excluding tert-OH is 1. The number of aromatic nitrogens is 2. The summed E-state index contributed by atoms with van der Waals surface area (Å²) in [7, 11) is 1.91. The molecule has 1 unspecified atom stereocenters. The minimum atomic E-state index is -0.468. The Morgan fingerprint density at radius 3 is 2.71 bits per heavy atom. The van der Waals surface area contributed by atoms with Crippen LogP contribution in [-0.4, -0.2) is 21.4 Å². The van der Waals surface area contributed by atoms with E-state index >= 15 is 0 Å². The molecule has 4 nitrogen and oxygen atoms in total. The SMILES string of the molecule is Cn1nccc1CNCC(O)c1ccccc1. The first kappa shape index (κ1) is 11.8. The predicted molar refractivity (Wildman–Crippen MR) is 66.3 cm³/mol. The molecule has 0 radical (unpaired) electrons. The Morgan fingerprint density at radius 1 is 1.29 bits per heavy atom. The van der Waals surface area contributed by atoms with E-state index in [4.69, 9.17) is 0 Å². The second-order valence-electron chi connectivity index (χ2n) is 4.00. The molecular formula is C13H17N3O. The third-order valence-electron chi connectivity index (χ3n) is 2.75. The zero-order valence-electron chi connectivity index (χ0n) is 9.87. The van der Waals surface area contributed by atoms with Gasteiger partial charge >= 0.3 is 0 Å². The maximum absolute atomic E-state index is 9.93. The predicted octanol–water partition coefficient (Wildman–Crippen LogP) is 1.24. The van der Waals surface area contributed by atoms with E-state index in [1.54, 1.807) is 6.20 Å². The fourth-order valence-electron chi connectivity index (χ4n) is 1.70. The van der Waals surface area contributed by atoms with E-state index in [2.05, 4.69) is 10.4 Å². The van der Waals surface area contributed by atoms with Crippen molar-refractivity contribution in [2.75, 3.05) is 6.54 Å². The Balaban J connectivity index is 1.81. The zero-order valence-corrected chi connectivity index (χ0v) is 9.87. The van der Waals surface area contributed by atoms with Crippen molar-refractivity contribution in [3.8, 4) is 0 Å². The molecule has 0 amide bonds. The average Bonchev–Trinajstić information content (AvgIpc) is 2.76. The van der Waals surface area contributed by atoms with Crippen LogP contribution in [0.3, 0.4) is 0 Å². The Bertz CT molecular complexity index is 453. The molecule has 2 rings (SSSR count). The highest BCUT2D eigenvalue weighted by molar-refractivity contribution is 5.17. The molecule has 1 aromatic heterocycles. The van der Waals surface area contributed by atoms with Gasteiger partial charge in [-0.2, -0.15) is 5.10 Å². The first-order valence-electron chi connectivity index (χ1n) is 5.68. The molecule has 0 aliphatic rings. The van der Waals surface area contributed by atoms with Gasteiger partial charge in [-0.1, -0.05) is 30.3 Å². The molecule has 17 heavy (non-hydrogen) atoms. The maximum Gasteiger partial charge on any atom is 0.0914 e. The van der Waals surface area contributed by atoms with Gasteiger partial charge in [0.15, 0.2) is 0 Å². The number of hydrogen-bond acceptors (Lipinski definition) is 3. The molecule has 1 heterocycles. The molecular weight excluding hydrogens is 214 g/mol. The highest BCUT2D eigenvalue weighted by Crippen LogP contribution is 2.10. The van der Waals surface area contributed by atoms with E-state index in [1.807, 2.05) is 48.1 Å². The summed E-state index contributed by atoms with van der Waals surface area (Å²) in [4.78, 5) is 0. The molecule has 4 heteroatoms. The number of nitrogens with one attached hydrogen (secondary N) is 1. The summed E-state index contributed by atoms with van der Waals surface area (Å²) in [6, 6.07) is 11.6. The van der Waals surface area contributed by atoms with Gasteiger partial charge in [0, 0.05) is 26.3 Å². The van der Waals surface area contributed by atoms with Crippen molar-refractivity contribution < 1.29 is 5.11 Å². The van der Waals surface area contributed by atoms with Crippen LogP contribution in [0, 0.1) is 0 Å². The second-order valence-corrected chi connectivity index (χ2v) is 4.00. The number of aryl methyl sites for hydroxylation is 1. The molecule has 0 saturated carbocycles. The summed E-state index contributed by atoms with van der Waals surface area (Å²) in [6.07, 6.45) is 1.30. The van der Waals surface area contributed by atoms with E-state index in [9.17, 15) is 5.11 Å². The zero-order chi connectivity index (χ0) is 12.1. The van der Waals surface area contributed by atoms with E-state index in [0.29, 0.717) is 13.1 Å². The lowest BCUT2D eigenvalue weighted by molar-refractivity contribution is 0.174. The quantitative estimate of drug-likeness (QED) is 0.814. The van der Waals surface area contributed by atoms with Crippen LogP contribution in [0.5, 0.6) is 0 Å². The van der Waals surface area contributed by atoms with E-state index in [1.165, 1.54) is 0 Å². The summed E-state index contributed by atoms with van der Waals surface area (Å²) in [6.45, 7) is 1.25. The highest BCUT2D eigenvalue weighted by atomic mass is 16.3. The Kier molecular flexibility index (Phi) is 3.90. The average molecular weight is 231 g/mol. The molecule has 90 valence electrons. The van der Waals surface area contributed by atoms with Crippen LogP contribution in [0.25, 0.3) is 0 Å². The van der Waals surface area contributed by atoms with E-state index in [0.717, 1.165) is 11.3 Å². The first-order valence-corrected chi connectivity index (χ1v) is 5.68. The van der Waals surface area contributed by atoms with Gasteiger partial charge in [-0.25, -0.2) is 0 Å². The third kappa shape index (κ3) is 3.15. The first-order chi connectivity index (χ1) is 8.27. The largest absolute Gasteiger partial charge is 0.387 e. The van der Waals surface area contributed by atoms with Gasteiger partial charge in [-0.05, 0) is 11.6 Å². The molecule has 1 atom stereocenters. The monoisotopic (exact) mass is 231 g/mol. The molecule has 0 fully saturated rings. The molecule has 2 aromatic rings. The minimum absolute atomic E-state index is 0.468. The summed E-state index contributed by atoms with van der Waals surface area (Å²) < 4.78 is 1.82. The van der Waals surface area contributed by atoms with Crippen molar-refractivity contribution in [1.82, 2.24) is 15.1 Å². The number of rotatable bonds is 5. The van der Waals surface area contributed by atoms with Gasteiger partial charge in [0.25, 0.3) is 0 Å². The van der Waals surface area contributed by atoms with Crippen LogP contribution in [0.4, 0.5) is 0 Å². The normalized spacial score (nSPS) is 12.6. The van der Waals surface area contributed by atoms with Crippen molar-refractivity contribution >= 4 is 0 Å². The lowest BCUT2D eigenvalue weighted by atomic mass is 10.1. The number of nitrogens with zero attached hydrogens (tertiary/aromatic N) is 2. The fraction of sp³-hybridized carbons (Fsp3) is 0.308. The van der Waals surface area contributed by atoms with Crippen LogP contribution in [0.15, 0.2) is 42.6 Å². The standard InChI is InChI=1S/C13H17N3O/c1-16-12(7-8-15-16)9-14-10-13(17)11-5-3-2-4-6-11/h2-8,13-14,17H,9-10H2,1H3. The van der Waals surface area contributed by atoms with Gasteiger partial charge in [-0.3, -0.25) is 4.68 Å². The summed E-state index contributed by atoms with van der Waals surface area (Å²) in [5.41, 5.74) is 2.04. The molecule has 0 aliphatic carbocycles. The second kappa shape index (κ2) is 5.61. The van der Waals surface area contributed by atoms with Gasteiger partial charge in [-0.15, -0.1) is 0 Å². The van der Waals surface area contributed by atoms with Gasteiger partial charge in [0.05, 0.1) is 11.8 Å². The van der Waals surface area contributed by atoms with Crippen molar-refractivity contribution in [2.45, 2.75) is 12.6 Å². The molecule has 2 N–H and O–H groups in total. The summed E-state index contributed by atoms with van der Waals surface area (Å²) in [5, 5.41) is 17.2. The Hall–Kier alpha value is -1.65. The van der Waals surface area contributed by atoms with E-state index in [-0.39, 0.29) is 0 Å². The molecule has 0 bridgehead atoms. The highest BCUT2D eigenvalue weighted by Gasteiger charge is 2.06. The topological polar surface area (TPSA) is 50.1 Å². The fourth-order valence-corrected chi connectivity index (χ4v) is 1.70. The van der Waals surface area contributed by atoms with Crippen molar-refractivity contribution in [2.24, 2.45) is 7.05 Å². The number of aliphatic hydroxyl groups is 1. The lowest BCUT2D eigenvalue weighted by Gasteiger charge is -2.12. The summed E-state index contributed by atoms with van der Waals surface area (Å²) in [5.74, 6) is 0. The van der Waals surface area contributed by atoms with Gasteiger partial charge < -0.3 is 10.4 Å². The van der Waals surface area contributed by atoms with Crippen molar-refractivity contribution in [1.29, 1.82) is 0 Å². The maximum atomic E-state index is 9.93.